The molecule has 1 rings (SSSR count). The summed E-state index contributed by atoms with van der Waals surface area (Å²) in [6.07, 6.45) is 0.579. The first kappa shape index (κ1) is 13.2. The maximum atomic E-state index is 11.9. The van der Waals surface area contributed by atoms with Crippen LogP contribution in [0.1, 0.15) is 18.9 Å². The molecule has 0 radical (unpaired) electrons. The maximum Gasteiger partial charge on any atom is 0.240 e. The molecule has 0 fully saturated rings. The monoisotopic (exact) mass is 231 g/mol. The van der Waals surface area contributed by atoms with Gasteiger partial charge in [-0.3, -0.25) is 4.79 Å². The van der Waals surface area contributed by atoms with E-state index in [0.29, 0.717) is 13.0 Å². The number of amides is 1. The molecule has 0 aliphatic heterocycles. The van der Waals surface area contributed by atoms with Crippen LogP contribution >= 0.6 is 0 Å². The number of carbonyl (C=O) groups excluding carboxylic acids is 1. The minimum atomic E-state index is -0.521. The Balaban J connectivity index is 2.74. The first-order chi connectivity index (χ1) is 8.19. The molecule has 1 aromatic carbocycles. The fourth-order valence-corrected chi connectivity index (χ4v) is 1.51. The van der Waals surface area contributed by atoms with Crippen LogP contribution < -0.4 is 5.73 Å². The van der Waals surface area contributed by atoms with E-state index < -0.39 is 6.04 Å². The lowest BCUT2D eigenvalue weighted by atomic mass is 10.1. The largest absolute Gasteiger partial charge is 0.324 e. The lowest BCUT2D eigenvalue weighted by Gasteiger charge is -2.22. The fraction of sp³-hybridized carbons (Fsp3) is 0.385. The van der Waals surface area contributed by atoms with Gasteiger partial charge in [0, 0.05) is 6.54 Å². The molecule has 0 aliphatic rings. The van der Waals surface area contributed by atoms with Crippen molar-refractivity contribution in [1.82, 2.24) is 4.90 Å². The Kier molecular flexibility index (Phi) is 5.18. The van der Waals surface area contributed by atoms with Gasteiger partial charge in [-0.2, -0.15) is 5.26 Å². The summed E-state index contributed by atoms with van der Waals surface area (Å²) in [5, 5.41) is 8.73. The number of rotatable bonds is 5. The first-order valence-electron chi connectivity index (χ1n) is 5.64. The van der Waals surface area contributed by atoms with Crippen LogP contribution in [0.3, 0.4) is 0 Å². The average Bonchev–Trinajstić information content (AvgIpc) is 2.37. The summed E-state index contributed by atoms with van der Waals surface area (Å²) in [7, 11) is 0. The summed E-state index contributed by atoms with van der Waals surface area (Å²) in [4.78, 5) is 13.4. The Hall–Kier alpha value is -1.86. The second kappa shape index (κ2) is 6.66. The van der Waals surface area contributed by atoms with Crippen LogP contribution in [0.2, 0.25) is 0 Å². The van der Waals surface area contributed by atoms with Gasteiger partial charge in [0.25, 0.3) is 0 Å². The fourth-order valence-electron chi connectivity index (χ4n) is 1.51. The van der Waals surface area contributed by atoms with Crippen LogP contribution in [-0.4, -0.2) is 23.4 Å². The Morgan fingerprint density at radius 2 is 2.12 bits per heavy atom. The van der Waals surface area contributed by atoms with Crippen molar-refractivity contribution in [1.29, 1.82) is 5.26 Å². The van der Waals surface area contributed by atoms with Crippen LogP contribution in [0.5, 0.6) is 0 Å². The number of hydrogen-bond acceptors (Lipinski definition) is 3. The van der Waals surface area contributed by atoms with Gasteiger partial charge in [-0.25, -0.2) is 0 Å². The van der Waals surface area contributed by atoms with Crippen molar-refractivity contribution in [3.63, 3.8) is 0 Å². The topological polar surface area (TPSA) is 70.1 Å². The predicted molar refractivity (Wildman–Crippen MR) is 65.7 cm³/mol. The molecular formula is C13H17N3O. The summed E-state index contributed by atoms with van der Waals surface area (Å²) >= 11 is 0. The molecule has 0 spiro atoms. The molecule has 0 aromatic heterocycles. The smallest absolute Gasteiger partial charge is 0.240 e. The SMILES string of the molecule is CC[C@H](N)C(=O)N(CC#N)Cc1ccccc1. The van der Waals surface area contributed by atoms with Gasteiger partial charge in [-0.05, 0) is 12.0 Å². The third-order valence-corrected chi connectivity index (χ3v) is 2.55. The molecule has 4 nitrogen and oxygen atoms in total. The van der Waals surface area contributed by atoms with Gasteiger partial charge in [-0.15, -0.1) is 0 Å². The van der Waals surface area contributed by atoms with Crippen LogP contribution in [0.4, 0.5) is 0 Å². The van der Waals surface area contributed by atoms with Gasteiger partial charge in [0.15, 0.2) is 0 Å². The Morgan fingerprint density at radius 1 is 1.47 bits per heavy atom. The first-order valence-corrected chi connectivity index (χ1v) is 5.64. The van der Waals surface area contributed by atoms with Gasteiger partial charge >= 0.3 is 0 Å². The van der Waals surface area contributed by atoms with Crippen molar-refractivity contribution in [2.75, 3.05) is 6.54 Å². The van der Waals surface area contributed by atoms with E-state index in [2.05, 4.69) is 0 Å². The molecule has 0 saturated heterocycles. The number of carbonyl (C=O) groups is 1. The van der Waals surface area contributed by atoms with Gasteiger partial charge in [-0.1, -0.05) is 37.3 Å². The van der Waals surface area contributed by atoms with E-state index in [0.717, 1.165) is 5.56 Å². The van der Waals surface area contributed by atoms with Gasteiger partial charge in [0.05, 0.1) is 12.1 Å². The van der Waals surface area contributed by atoms with E-state index in [9.17, 15) is 4.79 Å². The molecule has 90 valence electrons. The zero-order valence-corrected chi connectivity index (χ0v) is 9.97. The van der Waals surface area contributed by atoms with Crippen molar-refractivity contribution >= 4 is 5.91 Å². The molecule has 4 heteroatoms. The molecule has 0 unspecified atom stereocenters. The molecule has 1 amide bonds. The van der Waals surface area contributed by atoms with Crippen LogP contribution in [0.25, 0.3) is 0 Å². The minimum Gasteiger partial charge on any atom is -0.324 e. The summed E-state index contributed by atoms with van der Waals surface area (Å²) in [6, 6.07) is 11.1. The van der Waals surface area contributed by atoms with Crippen molar-refractivity contribution in [3.05, 3.63) is 35.9 Å². The number of nitrogens with zero attached hydrogens (tertiary/aromatic N) is 2. The number of hydrogen-bond donors (Lipinski definition) is 1. The molecule has 1 aromatic rings. The van der Waals surface area contributed by atoms with Gasteiger partial charge in [0.1, 0.15) is 6.54 Å². The van der Waals surface area contributed by atoms with Gasteiger partial charge < -0.3 is 10.6 Å². The van der Waals surface area contributed by atoms with Crippen LogP contribution in [-0.2, 0) is 11.3 Å². The van der Waals surface area contributed by atoms with Crippen LogP contribution in [0, 0.1) is 11.3 Å². The molecule has 0 saturated carbocycles. The van der Waals surface area contributed by atoms with E-state index in [-0.39, 0.29) is 12.5 Å². The Bertz CT molecular complexity index is 397. The summed E-state index contributed by atoms with van der Waals surface area (Å²) in [5.41, 5.74) is 6.70. The average molecular weight is 231 g/mol. The summed E-state index contributed by atoms with van der Waals surface area (Å²) in [6.45, 7) is 2.36. The van der Waals surface area contributed by atoms with Crippen molar-refractivity contribution < 1.29 is 4.79 Å². The Labute approximate surface area is 102 Å². The number of nitrogens with two attached hydrogens (primary N) is 1. The zero-order chi connectivity index (χ0) is 12.7. The molecule has 1 atom stereocenters. The lowest BCUT2D eigenvalue weighted by Crippen LogP contribution is -2.43. The number of benzene rings is 1. The standard InChI is InChI=1S/C13H17N3O/c1-2-12(15)13(17)16(9-8-14)10-11-6-4-3-5-7-11/h3-7,12H,2,9-10,15H2,1H3/t12-/m0/s1. The molecule has 0 aliphatic carbocycles. The lowest BCUT2D eigenvalue weighted by molar-refractivity contribution is -0.132. The molecule has 2 N–H and O–H groups in total. The van der Waals surface area contributed by atoms with Crippen molar-refractivity contribution in [2.24, 2.45) is 5.73 Å². The third kappa shape index (κ3) is 3.89. The molecule has 0 bridgehead atoms. The van der Waals surface area contributed by atoms with Crippen LogP contribution in [0.15, 0.2) is 30.3 Å². The maximum absolute atomic E-state index is 11.9. The highest BCUT2D eigenvalue weighted by Crippen LogP contribution is 2.06. The van der Waals surface area contributed by atoms with Crippen molar-refractivity contribution in [3.8, 4) is 6.07 Å². The van der Waals surface area contributed by atoms with Gasteiger partial charge in [0.2, 0.25) is 5.91 Å². The van der Waals surface area contributed by atoms with E-state index in [1.807, 2.05) is 43.3 Å². The zero-order valence-electron chi connectivity index (χ0n) is 9.97. The minimum absolute atomic E-state index is 0.0709. The second-order valence-corrected chi connectivity index (χ2v) is 3.85. The normalized spacial score (nSPS) is 11.6. The summed E-state index contributed by atoms with van der Waals surface area (Å²) in [5.74, 6) is -0.169. The van der Waals surface area contributed by atoms with E-state index in [1.54, 1.807) is 0 Å². The molecular weight excluding hydrogens is 214 g/mol. The highest BCUT2D eigenvalue weighted by molar-refractivity contribution is 5.81. The van der Waals surface area contributed by atoms with E-state index in [4.69, 9.17) is 11.0 Å². The van der Waals surface area contributed by atoms with Crippen molar-refractivity contribution in [2.45, 2.75) is 25.9 Å². The Morgan fingerprint density at radius 3 is 2.65 bits per heavy atom. The second-order valence-electron chi connectivity index (χ2n) is 3.85. The highest BCUT2D eigenvalue weighted by atomic mass is 16.2. The third-order valence-electron chi connectivity index (χ3n) is 2.55. The molecule has 0 heterocycles. The van der Waals surface area contributed by atoms with E-state index >= 15 is 0 Å². The number of nitriles is 1. The van der Waals surface area contributed by atoms with E-state index in [1.165, 1.54) is 4.90 Å². The molecule has 17 heavy (non-hydrogen) atoms. The highest BCUT2D eigenvalue weighted by Gasteiger charge is 2.19. The summed E-state index contributed by atoms with van der Waals surface area (Å²) < 4.78 is 0. The quantitative estimate of drug-likeness (QED) is 0.776. The predicted octanol–water partition coefficient (Wildman–Crippen LogP) is 1.28.